The molecule has 0 saturated heterocycles. The van der Waals surface area contributed by atoms with Crippen LogP contribution in [-0.2, 0) is 11.3 Å². The molecule has 1 aromatic carbocycles. The van der Waals surface area contributed by atoms with Crippen LogP contribution < -0.4 is 10.9 Å². The summed E-state index contributed by atoms with van der Waals surface area (Å²) < 4.78 is 1.67. The van der Waals surface area contributed by atoms with E-state index in [0.717, 1.165) is 17.0 Å². The van der Waals surface area contributed by atoms with E-state index in [1.54, 1.807) is 4.68 Å². The van der Waals surface area contributed by atoms with Gasteiger partial charge in [0.15, 0.2) is 0 Å². The highest BCUT2D eigenvalue weighted by molar-refractivity contribution is 5.77. The Bertz CT molecular complexity index is 655. The van der Waals surface area contributed by atoms with Gasteiger partial charge in [0.1, 0.15) is 6.54 Å². The predicted molar refractivity (Wildman–Crippen MR) is 83.2 cm³/mol. The minimum Gasteiger partial charge on any atom is -0.299 e. The van der Waals surface area contributed by atoms with Crippen molar-refractivity contribution >= 4 is 11.6 Å². The zero-order valence-electron chi connectivity index (χ0n) is 12.6. The van der Waals surface area contributed by atoms with Crippen LogP contribution in [0.4, 0.5) is 0 Å². The molecule has 1 heterocycles. The van der Waals surface area contributed by atoms with Gasteiger partial charge in [-0.15, -0.1) is 0 Å². The number of nitrogens with zero attached hydrogens (tertiary/aromatic N) is 2. The molecule has 21 heavy (non-hydrogen) atoms. The summed E-state index contributed by atoms with van der Waals surface area (Å²) in [4.78, 5) is 11.9. The van der Waals surface area contributed by atoms with Gasteiger partial charge in [0.2, 0.25) is 0 Å². The first-order valence-electron chi connectivity index (χ1n) is 6.77. The molecule has 0 aliphatic rings. The largest absolute Gasteiger partial charge is 0.299 e. The first-order chi connectivity index (χ1) is 9.95. The van der Waals surface area contributed by atoms with Crippen molar-refractivity contribution in [2.24, 2.45) is 0 Å². The third-order valence-electron chi connectivity index (χ3n) is 3.15. The maximum absolute atomic E-state index is 11.9. The standard InChI is InChI=1S/C16H20N4O/c1-11-5-7-15(8-6-11)14(4)17-18-16(21)10-20-13(3)9-12(2)19-20/h5-9,17H,4,10H2,1-3H3,(H,18,21). The van der Waals surface area contributed by atoms with Crippen LogP contribution in [0, 0.1) is 20.8 Å². The number of hydrazine groups is 1. The molecule has 0 radical (unpaired) electrons. The fraction of sp³-hybridized carbons (Fsp3) is 0.250. The normalized spacial score (nSPS) is 10.2. The zero-order chi connectivity index (χ0) is 15.4. The van der Waals surface area contributed by atoms with E-state index in [9.17, 15) is 4.79 Å². The maximum atomic E-state index is 11.9. The number of aryl methyl sites for hydroxylation is 3. The number of carbonyl (C=O) groups is 1. The Hall–Kier alpha value is -2.56. The second-order valence-corrected chi connectivity index (χ2v) is 5.10. The first kappa shape index (κ1) is 14.8. The van der Waals surface area contributed by atoms with Crippen molar-refractivity contribution in [3.05, 3.63) is 59.4 Å². The number of amides is 1. The van der Waals surface area contributed by atoms with Crippen molar-refractivity contribution in [3.63, 3.8) is 0 Å². The molecule has 2 rings (SSSR count). The Morgan fingerprint density at radius 2 is 1.86 bits per heavy atom. The van der Waals surface area contributed by atoms with Gasteiger partial charge >= 0.3 is 0 Å². The number of carbonyl (C=O) groups excluding carboxylic acids is 1. The lowest BCUT2D eigenvalue weighted by molar-refractivity contribution is -0.122. The Balaban J connectivity index is 1.87. The summed E-state index contributed by atoms with van der Waals surface area (Å²) in [5.41, 5.74) is 10.1. The molecule has 0 atom stereocenters. The second kappa shape index (κ2) is 6.26. The Morgan fingerprint density at radius 1 is 1.19 bits per heavy atom. The van der Waals surface area contributed by atoms with E-state index in [-0.39, 0.29) is 12.5 Å². The Kier molecular flexibility index (Phi) is 4.42. The number of nitrogens with one attached hydrogen (secondary N) is 2. The number of hydrogen-bond donors (Lipinski definition) is 2. The van der Waals surface area contributed by atoms with Gasteiger partial charge in [0.05, 0.1) is 11.4 Å². The SMILES string of the molecule is C=C(NNC(=O)Cn1nc(C)cc1C)c1ccc(C)cc1. The molecule has 5 nitrogen and oxygen atoms in total. The Morgan fingerprint density at radius 3 is 2.43 bits per heavy atom. The van der Waals surface area contributed by atoms with Crippen LogP contribution >= 0.6 is 0 Å². The molecule has 1 amide bonds. The van der Waals surface area contributed by atoms with Gasteiger partial charge in [-0.25, -0.2) is 0 Å². The summed E-state index contributed by atoms with van der Waals surface area (Å²) >= 11 is 0. The molecule has 110 valence electrons. The molecule has 0 fully saturated rings. The minimum atomic E-state index is -0.172. The molecular weight excluding hydrogens is 264 g/mol. The number of hydrogen-bond acceptors (Lipinski definition) is 3. The fourth-order valence-corrected chi connectivity index (χ4v) is 1.98. The highest BCUT2D eigenvalue weighted by Gasteiger charge is 2.07. The van der Waals surface area contributed by atoms with Gasteiger partial charge in [-0.1, -0.05) is 36.4 Å². The smallest absolute Gasteiger partial charge is 0.260 e. The van der Waals surface area contributed by atoms with Gasteiger partial charge in [0, 0.05) is 5.69 Å². The average Bonchev–Trinajstić information content (AvgIpc) is 2.75. The van der Waals surface area contributed by atoms with Crippen molar-refractivity contribution in [2.45, 2.75) is 27.3 Å². The number of aromatic nitrogens is 2. The van der Waals surface area contributed by atoms with E-state index in [1.807, 2.05) is 51.1 Å². The van der Waals surface area contributed by atoms with Crippen molar-refractivity contribution < 1.29 is 4.79 Å². The monoisotopic (exact) mass is 284 g/mol. The van der Waals surface area contributed by atoms with Gasteiger partial charge in [-0.05, 0) is 32.4 Å². The molecular formula is C16H20N4O. The van der Waals surface area contributed by atoms with Crippen LogP contribution in [0.25, 0.3) is 5.70 Å². The number of benzene rings is 1. The van der Waals surface area contributed by atoms with Crippen LogP contribution in [0.15, 0.2) is 36.9 Å². The quantitative estimate of drug-likeness (QED) is 0.827. The molecule has 1 aromatic heterocycles. The van der Waals surface area contributed by atoms with Crippen LogP contribution in [0.5, 0.6) is 0 Å². The van der Waals surface area contributed by atoms with E-state index in [1.165, 1.54) is 5.56 Å². The molecule has 0 aliphatic carbocycles. The van der Waals surface area contributed by atoms with E-state index in [0.29, 0.717) is 5.70 Å². The molecule has 0 aliphatic heterocycles. The molecule has 0 spiro atoms. The fourth-order valence-electron chi connectivity index (χ4n) is 1.98. The summed E-state index contributed by atoms with van der Waals surface area (Å²) in [6.45, 7) is 9.93. The molecule has 5 heteroatoms. The summed E-state index contributed by atoms with van der Waals surface area (Å²) in [5, 5.41) is 4.25. The molecule has 0 unspecified atom stereocenters. The van der Waals surface area contributed by atoms with E-state index >= 15 is 0 Å². The van der Waals surface area contributed by atoms with Crippen molar-refractivity contribution in [3.8, 4) is 0 Å². The lowest BCUT2D eigenvalue weighted by atomic mass is 10.1. The minimum absolute atomic E-state index is 0.172. The second-order valence-electron chi connectivity index (χ2n) is 5.10. The molecule has 2 N–H and O–H groups in total. The van der Waals surface area contributed by atoms with Gasteiger partial charge < -0.3 is 0 Å². The predicted octanol–water partition coefficient (Wildman–Crippen LogP) is 2.10. The average molecular weight is 284 g/mol. The van der Waals surface area contributed by atoms with Gasteiger partial charge in [-0.2, -0.15) is 5.10 Å². The van der Waals surface area contributed by atoms with E-state index in [4.69, 9.17) is 0 Å². The van der Waals surface area contributed by atoms with Crippen molar-refractivity contribution in [2.75, 3.05) is 0 Å². The lowest BCUT2D eigenvalue weighted by Crippen LogP contribution is -2.38. The highest BCUT2D eigenvalue weighted by Crippen LogP contribution is 2.09. The topological polar surface area (TPSA) is 58.9 Å². The lowest BCUT2D eigenvalue weighted by Gasteiger charge is -2.12. The highest BCUT2D eigenvalue weighted by atomic mass is 16.2. The van der Waals surface area contributed by atoms with E-state index in [2.05, 4.69) is 22.5 Å². The van der Waals surface area contributed by atoms with Crippen molar-refractivity contribution in [1.29, 1.82) is 0 Å². The summed E-state index contributed by atoms with van der Waals surface area (Å²) in [6, 6.07) is 9.85. The molecule has 0 saturated carbocycles. The van der Waals surface area contributed by atoms with Crippen LogP contribution in [-0.4, -0.2) is 15.7 Å². The summed E-state index contributed by atoms with van der Waals surface area (Å²) in [7, 11) is 0. The molecule has 0 bridgehead atoms. The third-order valence-corrected chi connectivity index (χ3v) is 3.15. The number of rotatable bonds is 5. The first-order valence-corrected chi connectivity index (χ1v) is 6.77. The Labute approximate surface area is 124 Å². The maximum Gasteiger partial charge on any atom is 0.260 e. The van der Waals surface area contributed by atoms with Gasteiger partial charge in [0.25, 0.3) is 5.91 Å². The van der Waals surface area contributed by atoms with Crippen LogP contribution in [0.3, 0.4) is 0 Å². The van der Waals surface area contributed by atoms with Gasteiger partial charge in [-0.3, -0.25) is 20.3 Å². The zero-order valence-corrected chi connectivity index (χ0v) is 12.6. The van der Waals surface area contributed by atoms with Crippen LogP contribution in [0.1, 0.15) is 22.5 Å². The molecule has 2 aromatic rings. The van der Waals surface area contributed by atoms with Crippen LogP contribution in [0.2, 0.25) is 0 Å². The third kappa shape index (κ3) is 3.95. The summed E-state index contributed by atoms with van der Waals surface area (Å²) in [6.07, 6.45) is 0. The van der Waals surface area contributed by atoms with E-state index < -0.39 is 0 Å². The van der Waals surface area contributed by atoms with Crippen molar-refractivity contribution in [1.82, 2.24) is 20.6 Å². The summed E-state index contributed by atoms with van der Waals surface area (Å²) in [5.74, 6) is -0.172.